The summed E-state index contributed by atoms with van der Waals surface area (Å²) in [6.45, 7) is 0.400. The predicted molar refractivity (Wildman–Crippen MR) is 50.5 cm³/mol. The van der Waals surface area contributed by atoms with E-state index in [1.807, 2.05) is 0 Å². The molecular weight excluding hydrogens is 184 g/mol. The van der Waals surface area contributed by atoms with Gasteiger partial charge in [0.25, 0.3) is 0 Å². The summed E-state index contributed by atoms with van der Waals surface area (Å²) in [7, 11) is 0. The van der Waals surface area contributed by atoms with Gasteiger partial charge >= 0.3 is 5.97 Å². The Hall–Kier alpha value is -1.10. The van der Waals surface area contributed by atoms with Crippen molar-refractivity contribution in [2.45, 2.75) is 19.3 Å². The smallest absolute Gasteiger partial charge is 0.306 e. The molecule has 0 bridgehead atoms. The van der Waals surface area contributed by atoms with Crippen LogP contribution in [0.3, 0.4) is 0 Å². The molecule has 2 atom stereocenters. The molecule has 0 spiro atoms. The average molecular weight is 200 g/mol. The fourth-order valence-electron chi connectivity index (χ4n) is 1.92. The van der Waals surface area contributed by atoms with Gasteiger partial charge in [-0.25, -0.2) is 0 Å². The number of nitrogens with two attached hydrogens (primary N) is 1. The summed E-state index contributed by atoms with van der Waals surface area (Å²) in [5, 5.41) is 11.5. The van der Waals surface area contributed by atoms with E-state index >= 15 is 0 Å². The molecule has 0 radical (unpaired) electrons. The molecule has 5 nitrogen and oxygen atoms in total. The van der Waals surface area contributed by atoms with E-state index in [0.29, 0.717) is 6.54 Å². The summed E-state index contributed by atoms with van der Waals surface area (Å²) in [5.74, 6) is -1.20. The molecule has 0 aromatic heterocycles. The largest absolute Gasteiger partial charge is 0.481 e. The fourth-order valence-corrected chi connectivity index (χ4v) is 1.92. The summed E-state index contributed by atoms with van der Waals surface area (Å²) in [6, 6.07) is 0. The summed E-state index contributed by atoms with van der Waals surface area (Å²) in [4.78, 5) is 21.7. The van der Waals surface area contributed by atoms with Gasteiger partial charge in [0.05, 0.1) is 12.5 Å². The van der Waals surface area contributed by atoms with Crippen LogP contribution < -0.4 is 11.1 Å². The number of hydrogen-bond donors (Lipinski definition) is 3. The maximum Gasteiger partial charge on any atom is 0.306 e. The number of carbonyl (C=O) groups excluding carboxylic acids is 1. The lowest BCUT2D eigenvalue weighted by Crippen LogP contribution is -2.36. The Morgan fingerprint density at radius 1 is 1.43 bits per heavy atom. The van der Waals surface area contributed by atoms with Crippen molar-refractivity contribution in [3.8, 4) is 0 Å². The number of nitrogens with one attached hydrogen (secondary N) is 1. The van der Waals surface area contributed by atoms with Crippen LogP contribution in [0, 0.1) is 11.8 Å². The summed E-state index contributed by atoms with van der Waals surface area (Å²) in [6.07, 6.45) is 2.53. The Kier molecular flexibility index (Phi) is 3.88. The SMILES string of the molecule is NCC(=O)NCC1CCCC1C(=O)O. The van der Waals surface area contributed by atoms with Gasteiger partial charge in [-0.15, -0.1) is 0 Å². The number of aliphatic carboxylic acids is 1. The fraction of sp³-hybridized carbons (Fsp3) is 0.778. The maximum atomic E-state index is 10.9. The minimum absolute atomic E-state index is 0.0372. The molecular formula is C9H16N2O3. The first-order valence-corrected chi connectivity index (χ1v) is 4.84. The molecule has 0 saturated heterocycles. The van der Waals surface area contributed by atoms with Gasteiger partial charge in [-0.1, -0.05) is 6.42 Å². The van der Waals surface area contributed by atoms with E-state index < -0.39 is 5.97 Å². The third-order valence-electron chi connectivity index (χ3n) is 2.72. The Balaban J connectivity index is 2.36. The first-order valence-electron chi connectivity index (χ1n) is 4.84. The van der Waals surface area contributed by atoms with Crippen LogP contribution in [0.2, 0.25) is 0 Å². The lowest BCUT2D eigenvalue weighted by atomic mass is 9.96. The molecule has 0 aromatic carbocycles. The summed E-state index contributed by atoms with van der Waals surface area (Å²) < 4.78 is 0. The predicted octanol–water partition coefficient (Wildman–Crippen LogP) is -0.438. The van der Waals surface area contributed by atoms with Crippen LogP contribution in [0.15, 0.2) is 0 Å². The molecule has 0 aliphatic heterocycles. The lowest BCUT2D eigenvalue weighted by Gasteiger charge is -2.15. The van der Waals surface area contributed by atoms with Gasteiger partial charge in [0, 0.05) is 6.54 Å². The Labute approximate surface area is 82.7 Å². The highest BCUT2D eigenvalue weighted by Gasteiger charge is 2.32. The van der Waals surface area contributed by atoms with Crippen LogP contribution in [-0.4, -0.2) is 30.1 Å². The molecule has 1 amide bonds. The van der Waals surface area contributed by atoms with Crippen LogP contribution in [-0.2, 0) is 9.59 Å². The molecule has 2 unspecified atom stereocenters. The van der Waals surface area contributed by atoms with Gasteiger partial charge in [0.1, 0.15) is 0 Å². The zero-order chi connectivity index (χ0) is 10.6. The van der Waals surface area contributed by atoms with Gasteiger partial charge in [0.15, 0.2) is 0 Å². The molecule has 1 aliphatic carbocycles. The lowest BCUT2D eigenvalue weighted by molar-refractivity contribution is -0.143. The number of carbonyl (C=O) groups is 2. The van der Waals surface area contributed by atoms with E-state index in [1.165, 1.54) is 0 Å². The summed E-state index contributed by atoms with van der Waals surface area (Å²) in [5.41, 5.74) is 5.12. The van der Waals surface area contributed by atoms with Crippen LogP contribution in [0.5, 0.6) is 0 Å². The molecule has 0 heterocycles. The van der Waals surface area contributed by atoms with Gasteiger partial charge in [-0.2, -0.15) is 0 Å². The molecule has 5 heteroatoms. The van der Waals surface area contributed by atoms with Crippen LogP contribution in [0.1, 0.15) is 19.3 Å². The van der Waals surface area contributed by atoms with Crippen molar-refractivity contribution in [3.63, 3.8) is 0 Å². The highest BCUT2D eigenvalue weighted by molar-refractivity contribution is 5.77. The van der Waals surface area contributed by atoms with Gasteiger partial charge in [0.2, 0.25) is 5.91 Å². The van der Waals surface area contributed by atoms with E-state index in [2.05, 4.69) is 5.32 Å². The van der Waals surface area contributed by atoms with Crippen molar-refractivity contribution in [3.05, 3.63) is 0 Å². The second kappa shape index (κ2) is 4.95. The zero-order valence-electron chi connectivity index (χ0n) is 8.03. The van der Waals surface area contributed by atoms with E-state index in [4.69, 9.17) is 10.8 Å². The third kappa shape index (κ3) is 2.70. The molecule has 1 saturated carbocycles. The molecule has 4 N–H and O–H groups in total. The number of amides is 1. The minimum atomic E-state index is -0.755. The quantitative estimate of drug-likeness (QED) is 0.573. The van der Waals surface area contributed by atoms with Gasteiger partial charge < -0.3 is 16.2 Å². The van der Waals surface area contributed by atoms with Crippen molar-refractivity contribution < 1.29 is 14.7 Å². The minimum Gasteiger partial charge on any atom is -0.481 e. The van der Waals surface area contributed by atoms with Crippen molar-refractivity contribution in [2.24, 2.45) is 17.6 Å². The monoisotopic (exact) mass is 200 g/mol. The number of hydrogen-bond acceptors (Lipinski definition) is 3. The van der Waals surface area contributed by atoms with E-state index in [9.17, 15) is 9.59 Å². The highest BCUT2D eigenvalue weighted by Crippen LogP contribution is 2.31. The van der Waals surface area contributed by atoms with Crippen LogP contribution in [0.25, 0.3) is 0 Å². The van der Waals surface area contributed by atoms with Crippen LogP contribution in [0.4, 0.5) is 0 Å². The Bertz CT molecular complexity index is 230. The van der Waals surface area contributed by atoms with E-state index in [0.717, 1.165) is 19.3 Å². The average Bonchev–Trinajstić information content (AvgIpc) is 2.62. The maximum absolute atomic E-state index is 10.9. The number of rotatable bonds is 4. The van der Waals surface area contributed by atoms with Crippen molar-refractivity contribution in [1.82, 2.24) is 5.32 Å². The van der Waals surface area contributed by atoms with Gasteiger partial charge in [-0.3, -0.25) is 9.59 Å². The molecule has 1 aliphatic rings. The number of carboxylic acids is 1. The molecule has 1 rings (SSSR count). The second-order valence-electron chi connectivity index (χ2n) is 3.64. The molecule has 1 fully saturated rings. The highest BCUT2D eigenvalue weighted by atomic mass is 16.4. The molecule has 0 aromatic rings. The standard InChI is InChI=1S/C9H16N2O3/c10-4-8(12)11-5-6-2-1-3-7(6)9(13)14/h6-7H,1-5,10H2,(H,11,12)(H,13,14). The summed E-state index contributed by atoms with van der Waals surface area (Å²) >= 11 is 0. The second-order valence-corrected chi connectivity index (χ2v) is 3.64. The first-order chi connectivity index (χ1) is 6.65. The van der Waals surface area contributed by atoms with E-state index in [1.54, 1.807) is 0 Å². The molecule has 14 heavy (non-hydrogen) atoms. The Morgan fingerprint density at radius 2 is 2.14 bits per heavy atom. The van der Waals surface area contributed by atoms with Crippen molar-refractivity contribution >= 4 is 11.9 Å². The van der Waals surface area contributed by atoms with Gasteiger partial charge in [-0.05, 0) is 18.8 Å². The van der Waals surface area contributed by atoms with E-state index in [-0.39, 0.29) is 24.3 Å². The van der Waals surface area contributed by atoms with Crippen molar-refractivity contribution in [1.29, 1.82) is 0 Å². The molecule has 80 valence electrons. The Morgan fingerprint density at radius 3 is 2.71 bits per heavy atom. The van der Waals surface area contributed by atoms with Crippen LogP contribution >= 0.6 is 0 Å². The topological polar surface area (TPSA) is 92.4 Å². The normalized spacial score (nSPS) is 26.1. The zero-order valence-corrected chi connectivity index (χ0v) is 8.03. The third-order valence-corrected chi connectivity index (χ3v) is 2.72. The first kappa shape index (κ1) is 11.0. The van der Waals surface area contributed by atoms with Crippen molar-refractivity contribution in [2.75, 3.05) is 13.1 Å². The number of carboxylic acid groups (broad SMARTS) is 1.